The molecule has 18 heavy (non-hydrogen) atoms. The number of hydrogen-bond acceptors (Lipinski definition) is 2. The molecule has 1 N–H and O–H groups in total. The number of nitrogens with one attached hydrogen (secondary N) is 1. The lowest BCUT2D eigenvalue weighted by Gasteiger charge is -2.16. The van der Waals surface area contributed by atoms with Crippen molar-refractivity contribution in [2.24, 2.45) is 7.05 Å². The first-order chi connectivity index (χ1) is 8.61. The number of benzene rings is 1. The van der Waals surface area contributed by atoms with Crippen LogP contribution in [-0.2, 0) is 13.5 Å². The first kappa shape index (κ1) is 13.3. The lowest BCUT2D eigenvalue weighted by Crippen LogP contribution is -2.19. The van der Waals surface area contributed by atoms with Gasteiger partial charge in [0.1, 0.15) is 0 Å². The maximum atomic E-state index is 4.41. The Morgan fingerprint density at radius 3 is 2.67 bits per heavy atom. The first-order valence-corrected chi connectivity index (χ1v) is 6.82. The molecule has 1 aromatic carbocycles. The smallest absolute Gasteiger partial charge is 0.0641 e. The Kier molecular flexibility index (Phi) is 4.19. The second-order valence-electron chi connectivity index (χ2n) is 4.48. The third-order valence-corrected chi connectivity index (χ3v) is 3.93. The first-order valence-electron chi connectivity index (χ1n) is 6.02. The van der Waals surface area contributed by atoms with Gasteiger partial charge in [0.15, 0.2) is 0 Å². The van der Waals surface area contributed by atoms with Gasteiger partial charge < -0.3 is 5.32 Å². The molecule has 0 aliphatic carbocycles. The SMILES string of the molecule is CNC(Cc1ccccc1Br)c1cn(C)nc1C. The standard InChI is InChI=1S/C14H18BrN3/c1-10-12(9-18(3)17-10)14(16-2)8-11-6-4-5-7-13(11)15/h4-7,9,14,16H,8H2,1-3H3. The number of nitrogens with zero attached hydrogens (tertiary/aromatic N) is 2. The zero-order chi connectivity index (χ0) is 13.1. The fourth-order valence-corrected chi connectivity index (χ4v) is 2.66. The van der Waals surface area contributed by atoms with Crippen LogP contribution < -0.4 is 5.32 Å². The van der Waals surface area contributed by atoms with Gasteiger partial charge in [0.25, 0.3) is 0 Å². The summed E-state index contributed by atoms with van der Waals surface area (Å²) in [6.45, 7) is 2.06. The molecular weight excluding hydrogens is 290 g/mol. The Morgan fingerprint density at radius 2 is 2.11 bits per heavy atom. The van der Waals surface area contributed by atoms with Gasteiger partial charge in [0.2, 0.25) is 0 Å². The van der Waals surface area contributed by atoms with E-state index in [1.54, 1.807) is 0 Å². The van der Waals surface area contributed by atoms with E-state index in [0.29, 0.717) is 0 Å². The number of likely N-dealkylation sites (N-methyl/N-ethyl adjacent to an activating group) is 1. The lowest BCUT2D eigenvalue weighted by atomic mass is 10.00. The molecule has 0 radical (unpaired) electrons. The summed E-state index contributed by atoms with van der Waals surface area (Å²) in [6.07, 6.45) is 3.04. The van der Waals surface area contributed by atoms with Crippen LogP contribution in [-0.4, -0.2) is 16.8 Å². The van der Waals surface area contributed by atoms with Crippen molar-refractivity contribution in [3.63, 3.8) is 0 Å². The summed E-state index contributed by atoms with van der Waals surface area (Å²) in [5.74, 6) is 0. The number of aryl methyl sites for hydroxylation is 2. The van der Waals surface area contributed by atoms with E-state index in [4.69, 9.17) is 0 Å². The molecule has 96 valence electrons. The van der Waals surface area contributed by atoms with Gasteiger partial charge in [0.05, 0.1) is 5.69 Å². The van der Waals surface area contributed by atoms with Crippen molar-refractivity contribution >= 4 is 15.9 Å². The van der Waals surface area contributed by atoms with Crippen LogP contribution in [0.25, 0.3) is 0 Å². The molecule has 0 saturated carbocycles. The Morgan fingerprint density at radius 1 is 1.39 bits per heavy atom. The van der Waals surface area contributed by atoms with E-state index < -0.39 is 0 Å². The topological polar surface area (TPSA) is 29.9 Å². The molecule has 0 fully saturated rings. The van der Waals surface area contributed by atoms with Gasteiger partial charge in [-0.25, -0.2) is 0 Å². The lowest BCUT2D eigenvalue weighted by molar-refractivity contribution is 0.587. The summed E-state index contributed by atoms with van der Waals surface area (Å²) < 4.78 is 3.03. The Labute approximate surface area is 116 Å². The van der Waals surface area contributed by atoms with Gasteiger partial charge in [-0.2, -0.15) is 5.10 Å². The zero-order valence-corrected chi connectivity index (χ0v) is 12.5. The zero-order valence-electron chi connectivity index (χ0n) is 10.9. The van der Waals surface area contributed by atoms with E-state index in [9.17, 15) is 0 Å². The summed E-state index contributed by atoms with van der Waals surface area (Å²) >= 11 is 3.60. The van der Waals surface area contributed by atoms with Gasteiger partial charge in [-0.05, 0) is 32.0 Å². The van der Waals surface area contributed by atoms with E-state index >= 15 is 0 Å². The van der Waals surface area contributed by atoms with Crippen LogP contribution in [0.15, 0.2) is 34.9 Å². The van der Waals surface area contributed by atoms with Gasteiger partial charge in [-0.1, -0.05) is 34.1 Å². The second-order valence-corrected chi connectivity index (χ2v) is 5.33. The molecule has 0 bridgehead atoms. The number of hydrogen-bond donors (Lipinski definition) is 1. The third kappa shape index (κ3) is 2.82. The molecule has 3 nitrogen and oxygen atoms in total. The highest BCUT2D eigenvalue weighted by atomic mass is 79.9. The molecule has 4 heteroatoms. The second kappa shape index (κ2) is 5.67. The minimum absolute atomic E-state index is 0.289. The quantitative estimate of drug-likeness (QED) is 0.941. The molecule has 0 amide bonds. The maximum absolute atomic E-state index is 4.41. The fourth-order valence-electron chi connectivity index (χ4n) is 2.21. The molecule has 2 aromatic rings. The molecule has 2 rings (SSSR count). The van der Waals surface area contributed by atoms with Crippen molar-refractivity contribution in [1.82, 2.24) is 15.1 Å². The average Bonchev–Trinajstić information content (AvgIpc) is 2.67. The van der Waals surface area contributed by atoms with Crippen molar-refractivity contribution in [3.05, 3.63) is 51.8 Å². The van der Waals surface area contributed by atoms with E-state index in [2.05, 4.69) is 57.7 Å². The van der Waals surface area contributed by atoms with E-state index in [1.165, 1.54) is 11.1 Å². The van der Waals surface area contributed by atoms with Crippen molar-refractivity contribution in [3.8, 4) is 0 Å². The predicted molar refractivity (Wildman–Crippen MR) is 77.6 cm³/mol. The van der Waals surface area contributed by atoms with Crippen LogP contribution in [0.1, 0.15) is 22.9 Å². The Bertz CT molecular complexity index is 534. The van der Waals surface area contributed by atoms with Gasteiger partial charge >= 0.3 is 0 Å². The molecule has 0 saturated heterocycles. The van der Waals surface area contributed by atoms with Crippen LogP contribution in [0.2, 0.25) is 0 Å². The molecule has 1 aromatic heterocycles. The summed E-state index contributed by atoms with van der Waals surface area (Å²) in [6, 6.07) is 8.63. The van der Waals surface area contributed by atoms with Crippen LogP contribution in [0.4, 0.5) is 0 Å². The highest BCUT2D eigenvalue weighted by Gasteiger charge is 2.16. The molecule has 0 spiro atoms. The maximum Gasteiger partial charge on any atom is 0.0641 e. The summed E-state index contributed by atoms with van der Waals surface area (Å²) in [7, 11) is 3.95. The molecule has 1 unspecified atom stereocenters. The Balaban J connectivity index is 2.25. The monoisotopic (exact) mass is 307 g/mol. The van der Waals surface area contributed by atoms with Gasteiger partial charge in [-0.3, -0.25) is 4.68 Å². The molecule has 1 heterocycles. The van der Waals surface area contributed by atoms with Crippen LogP contribution in [0, 0.1) is 6.92 Å². The number of rotatable bonds is 4. The Hall–Kier alpha value is -1.13. The summed E-state index contributed by atoms with van der Waals surface area (Å²) in [5.41, 5.74) is 3.65. The van der Waals surface area contributed by atoms with E-state index in [-0.39, 0.29) is 6.04 Å². The molecular formula is C14H18BrN3. The van der Waals surface area contributed by atoms with Crippen LogP contribution >= 0.6 is 15.9 Å². The molecule has 0 aliphatic heterocycles. The molecule has 1 atom stereocenters. The van der Waals surface area contributed by atoms with Crippen molar-refractivity contribution in [1.29, 1.82) is 0 Å². The highest BCUT2D eigenvalue weighted by molar-refractivity contribution is 9.10. The number of aromatic nitrogens is 2. The fraction of sp³-hybridized carbons (Fsp3) is 0.357. The van der Waals surface area contributed by atoms with E-state index in [0.717, 1.165) is 16.6 Å². The number of halogens is 1. The minimum atomic E-state index is 0.289. The van der Waals surface area contributed by atoms with Crippen molar-refractivity contribution < 1.29 is 0 Å². The van der Waals surface area contributed by atoms with E-state index in [1.807, 2.05) is 24.8 Å². The van der Waals surface area contributed by atoms with Crippen molar-refractivity contribution in [2.45, 2.75) is 19.4 Å². The third-order valence-electron chi connectivity index (χ3n) is 3.16. The highest BCUT2D eigenvalue weighted by Crippen LogP contribution is 2.24. The van der Waals surface area contributed by atoms with Crippen LogP contribution in [0.5, 0.6) is 0 Å². The van der Waals surface area contributed by atoms with Gasteiger partial charge in [0, 0.05) is 29.3 Å². The largest absolute Gasteiger partial charge is 0.313 e. The van der Waals surface area contributed by atoms with Crippen molar-refractivity contribution in [2.75, 3.05) is 7.05 Å². The molecule has 0 aliphatic rings. The van der Waals surface area contributed by atoms with Gasteiger partial charge in [-0.15, -0.1) is 0 Å². The summed E-state index contributed by atoms with van der Waals surface area (Å²) in [4.78, 5) is 0. The predicted octanol–water partition coefficient (Wildman–Crippen LogP) is 2.99. The average molecular weight is 308 g/mol. The normalized spacial score (nSPS) is 12.7. The summed E-state index contributed by atoms with van der Waals surface area (Å²) in [5, 5.41) is 7.78. The van der Waals surface area contributed by atoms with Crippen LogP contribution in [0.3, 0.4) is 0 Å². The minimum Gasteiger partial charge on any atom is -0.313 e.